The molecule has 0 heterocycles. The van der Waals surface area contributed by atoms with Gasteiger partial charge in [0.1, 0.15) is 0 Å². The summed E-state index contributed by atoms with van der Waals surface area (Å²) >= 11 is 0. The molecule has 3 nitrogen and oxygen atoms in total. The summed E-state index contributed by atoms with van der Waals surface area (Å²) in [6.45, 7) is 7.52. The lowest BCUT2D eigenvalue weighted by atomic mass is 9.93. The van der Waals surface area contributed by atoms with Crippen LogP contribution in [0, 0.1) is 27.7 Å². The predicted octanol–water partition coefficient (Wildman–Crippen LogP) is 2.19. The Morgan fingerprint density at radius 3 is 2.00 bits per heavy atom. The highest BCUT2D eigenvalue weighted by atomic mass is 16.4. The van der Waals surface area contributed by atoms with Gasteiger partial charge < -0.3 is 5.11 Å². The van der Waals surface area contributed by atoms with Crippen molar-refractivity contribution in [1.82, 2.24) is 0 Å². The van der Waals surface area contributed by atoms with Crippen molar-refractivity contribution < 1.29 is 14.7 Å². The second-order valence-corrected chi connectivity index (χ2v) is 3.75. The van der Waals surface area contributed by atoms with E-state index in [1.807, 2.05) is 20.8 Å². The third-order valence-corrected chi connectivity index (χ3v) is 2.92. The lowest BCUT2D eigenvalue weighted by Gasteiger charge is -2.11. The molecule has 0 spiro atoms. The minimum atomic E-state index is -1.40. The maximum Gasteiger partial charge on any atom is 0.377 e. The molecule has 1 rings (SSSR count). The molecular formula is C12H14O3. The number of ketones is 1. The average Bonchev–Trinajstić information content (AvgIpc) is 2.19. The van der Waals surface area contributed by atoms with Gasteiger partial charge in [0.25, 0.3) is 5.78 Å². The monoisotopic (exact) mass is 206 g/mol. The number of benzene rings is 1. The summed E-state index contributed by atoms with van der Waals surface area (Å²) in [6, 6.07) is 1.65. The van der Waals surface area contributed by atoms with Crippen molar-refractivity contribution in [3.8, 4) is 0 Å². The van der Waals surface area contributed by atoms with Gasteiger partial charge in [0.2, 0.25) is 0 Å². The first-order chi connectivity index (χ1) is 6.86. The van der Waals surface area contributed by atoms with Crippen LogP contribution >= 0.6 is 0 Å². The van der Waals surface area contributed by atoms with E-state index < -0.39 is 11.8 Å². The number of hydrogen-bond acceptors (Lipinski definition) is 2. The number of hydrogen-bond donors (Lipinski definition) is 1. The number of carboxylic acids is 1. The highest BCUT2D eigenvalue weighted by molar-refractivity contribution is 6.40. The predicted molar refractivity (Wildman–Crippen MR) is 57.4 cm³/mol. The highest BCUT2D eigenvalue weighted by Crippen LogP contribution is 2.21. The molecule has 0 radical (unpaired) electrons. The fraction of sp³-hybridized carbons (Fsp3) is 0.333. The van der Waals surface area contributed by atoms with Gasteiger partial charge in [-0.2, -0.15) is 0 Å². The Morgan fingerprint density at radius 1 is 1.00 bits per heavy atom. The summed E-state index contributed by atoms with van der Waals surface area (Å²) in [4.78, 5) is 22.0. The molecule has 0 bridgehead atoms. The Kier molecular flexibility index (Phi) is 2.93. The minimum Gasteiger partial charge on any atom is -0.475 e. The van der Waals surface area contributed by atoms with Gasteiger partial charge in [0.05, 0.1) is 0 Å². The van der Waals surface area contributed by atoms with Crippen molar-refractivity contribution in [1.29, 1.82) is 0 Å². The average molecular weight is 206 g/mol. The first-order valence-electron chi connectivity index (χ1n) is 4.71. The highest BCUT2D eigenvalue weighted by Gasteiger charge is 2.19. The molecule has 15 heavy (non-hydrogen) atoms. The van der Waals surface area contributed by atoms with Crippen LogP contribution in [-0.4, -0.2) is 16.9 Å². The van der Waals surface area contributed by atoms with E-state index in [1.54, 1.807) is 13.0 Å². The van der Waals surface area contributed by atoms with Crippen molar-refractivity contribution in [2.45, 2.75) is 27.7 Å². The van der Waals surface area contributed by atoms with Crippen LogP contribution < -0.4 is 0 Å². The van der Waals surface area contributed by atoms with Gasteiger partial charge in [-0.1, -0.05) is 0 Å². The van der Waals surface area contributed by atoms with Gasteiger partial charge in [-0.25, -0.2) is 4.79 Å². The molecule has 80 valence electrons. The van der Waals surface area contributed by atoms with E-state index in [-0.39, 0.29) is 0 Å². The third-order valence-electron chi connectivity index (χ3n) is 2.92. The van der Waals surface area contributed by atoms with Crippen LogP contribution in [0.15, 0.2) is 6.07 Å². The normalized spacial score (nSPS) is 10.1. The molecule has 3 heteroatoms. The minimum absolute atomic E-state index is 0.295. The van der Waals surface area contributed by atoms with Gasteiger partial charge in [0, 0.05) is 5.56 Å². The van der Waals surface area contributed by atoms with Gasteiger partial charge in [-0.05, 0) is 56.0 Å². The molecule has 0 aliphatic heterocycles. The largest absolute Gasteiger partial charge is 0.475 e. The molecule has 0 fully saturated rings. The van der Waals surface area contributed by atoms with Crippen LogP contribution in [0.3, 0.4) is 0 Å². The number of rotatable bonds is 2. The summed E-state index contributed by atoms with van der Waals surface area (Å²) in [5.41, 5.74) is 4.09. The van der Waals surface area contributed by atoms with Crippen molar-refractivity contribution in [3.63, 3.8) is 0 Å². The molecule has 0 atom stereocenters. The van der Waals surface area contributed by atoms with E-state index in [0.29, 0.717) is 5.56 Å². The summed E-state index contributed by atoms with van der Waals surface area (Å²) in [6.07, 6.45) is 0. The van der Waals surface area contributed by atoms with Crippen LogP contribution in [0.25, 0.3) is 0 Å². The molecule has 0 amide bonds. The SMILES string of the molecule is Cc1cc(C(=O)C(=O)O)c(C)c(C)c1C. The Hall–Kier alpha value is -1.64. The van der Waals surface area contributed by atoms with E-state index in [2.05, 4.69) is 0 Å². The molecule has 1 aromatic carbocycles. The van der Waals surface area contributed by atoms with Gasteiger partial charge >= 0.3 is 5.97 Å². The lowest BCUT2D eigenvalue weighted by Crippen LogP contribution is -2.15. The van der Waals surface area contributed by atoms with E-state index in [4.69, 9.17) is 5.11 Å². The molecular weight excluding hydrogens is 192 g/mol. The van der Waals surface area contributed by atoms with Crippen LogP contribution in [0.4, 0.5) is 0 Å². The van der Waals surface area contributed by atoms with Crippen molar-refractivity contribution in [2.75, 3.05) is 0 Å². The summed E-state index contributed by atoms with van der Waals surface area (Å²) in [5.74, 6) is -2.24. The first kappa shape index (κ1) is 11.4. The fourth-order valence-electron chi connectivity index (χ4n) is 1.56. The molecule has 1 aromatic rings. The topological polar surface area (TPSA) is 54.4 Å². The van der Waals surface area contributed by atoms with Crippen LogP contribution in [-0.2, 0) is 4.79 Å². The van der Waals surface area contributed by atoms with Crippen molar-refractivity contribution >= 4 is 11.8 Å². The third kappa shape index (κ3) is 1.91. The van der Waals surface area contributed by atoms with Gasteiger partial charge in [-0.3, -0.25) is 4.79 Å². The van der Waals surface area contributed by atoms with Crippen LogP contribution in [0.5, 0.6) is 0 Å². The summed E-state index contributed by atoms with van der Waals surface area (Å²) in [7, 11) is 0. The zero-order chi connectivity index (χ0) is 11.7. The number of carbonyl (C=O) groups is 2. The number of Topliss-reactive ketones (excluding diaryl/α,β-unsaturated/α-hetero) is 1. The second-order valence-electron chi connectivity index (χ2n) is 3.75. The zero-order valence-electron chi connectivity index (χ0n) is 9.34. The molecule has 0 unspecified atom stereocenters. The van der Waals surface area contributed by atoms with Crippen LogP contribution in [0.2, 0.25) is 0 Å². The van der Waals surface area contributed by atoms with E-state index in [9.17, 15) is 9.59 Å². The number of aryl methyl sites for hydroxylation is 1. The first-order valence-corrected chi connectivity index (χ1v) is 4.71. The molecule has 0 aliphatic carbocycles. The van der Waals surface area contributed by atoms with Crippen molar-refractivity contribution in [3.05, 3.63) is 33.9 Å². The zero-order valence-corrected chi connectivity index (χ0v) is 9.34. The Balaban J connectivity index is 3.45. The molecule has 0 saturated heterocycles. The Morgan fingerprint density at radius 2 is 1.53 bits per heavy atom. The number of aliphatic carboxylic acids is 1. The quantitative estimate of drug-likeness (QED) is 0.596. The number of carbonyl (C=O) groups excluding carboxylic acids is 1. The maximum atomic E-state index is 11.4. The lowest BCUT2D eigenvalue weighted by molar-refractivity contribution is -0.131. The van der Waals surface area contributed by atoms with Crippen molar-refractivity contribution in [2.24, 2.45) is 0 Å². The summed E-state index contributed by atoms with van der Waals surface area (Å²) in [5, 5.41) is 8.66. The number of carboxylic acid groups (broad SMARTS) is 1. The fourth-order valence-corrected chi connectivity index (χ4v) is 1.56. The van der Waals surface area contributed by atoms with E-state index >= 15 is 0 Å². The molecule has 0 saturated carbocycles. The van der Waals surface area contributed by atoms with E-state index in [1.165, 1.54) is 0 Å². The van der Waals surface area contributed by atoms with Gasteiger partial charge in [0.15, 0.2) is 0 Å². The molecule has 0 aromatic heterocycles. The maximum absolute atomic E-state index is 11.4. The smallest absolute Gasteiger partial charge is 0.377 e. The molecule has 1 N–H and O–H groups in total. The summed E-state index contributed by atoms with van der Waals surface area (Å²) < 4.78 is 0. The molecule has 0 aliphatic rings. The Labute approximate surface area is 88.7 Å². The Bertz CT molecular complexity index is 445. The van der Waals surface area contributed by atoms with Crippen LogP contribution in [0.1, 0.15) is 32.6 Å². The standard InChI is InChI=1S/C12H14O3/c1-6-5-10(11(13)12(14)15)9(4)8(3)7(6)2/h5H,1-4H3,(H,14,15). The van der Waals surface area contributed by atoms with E-state index in [0.717, 1.165) is 22.3 Å². The van der Waals surface area contributed by atoms with Gasteiger partial charge in [-0.15, -0.1) is 0 Å². The second kappa shape index (κ2) is 3.85.